The summed E-state index contributed by atoms with van der Waals surface area (Å²) in [5.74, 6) is 0.889. The third-order valence-electron chi connectivity index (χ3n) is 6.52. The fourth-order valence-electron chi connectivity index (χ4n) is 4.82. The highest BCUT2D eigenvalue weighted by atomic mass is 19.1. The summed E-state index contributed by atoms with van der Waals surface area (Å²) in [7, 11) is 0. The Morgan fingerprint density at radius 2 is 1.74 bits per heavy atom. The Kier molecular flexibility index (Phi) is 5.72. The first-order chi connectivity index (χ1) is 15.2. The molecule has 7 nitrogen and oxygen atoms in total. The Balaban J connectivity index is 1.49. The molecule has 0 atom stereocenters. The van der Waals surface area contributed by atoms with Gasteiger partial charge < -0.3 is 15.7 Å². The Bertz CT molecular complexity index is 1040. The summed E-state index contributed by atoms with van der Waals surface area (Å²) in [6.45, 7) is 0. The van der Waals surface area contributed by atoms with E-state index in [-0.39, 0.29) is 24.0 Å². The minimum atomic E-state index is -0.308. The predicted molar refractivity (Wildman–Crippen MR) is 119 cm³/mol. The molecule has 8 heteroatoms. The number of rotatable bonds is 5. The zero-order valence-corrected chi connectivity index (χ0v) is 17.6. The quantitative estimate of drug-likeness (QED) is 0.538. The van der Waals surface area contributed by atoms with Crippen LogP contribution in [0.1, 0.15) is 63.8 Å². The fraction of sp³-hybridized carbons (Fsp3) is 0.522. The molecule has 2 aliphatic rings. The highest BCUT2D eigenvalue weighted by Crippen LogP contribution is 2.35. The largest absolute Gasteiger partial charge is 0.393 e. The lowest BCUT2D eigenvalue weighted by atomic mass is 9.93. The summed E-state index contributed by atoms with van der Waals surface area (Å²) in [5, 5.41) is 16.4. The SMILES string of the molecule is OC1CCC(Nc2ncc3nc(Nc4ccccc4F)n(C4CCCCC4)c3n2)CC1. The molecular weight excluding hydrogens is 395 g/mol. The summed E-state index contributed by atoms with van der Waals surface area (Å²) in [6, 6.07) is 7.19. The summed E-state index contributed by atoms with van der Waals surface area (Å²) in [6.07, 6.45) is 10.7. The average molecular weight is 425 g/mol. The maximum Gasteiger partial charge on any atom is 0.224 e. The number of benzene rings is 1. The van der Waals surface area contributed by atoms with Gasteiger partial charge in [-0.05, 0) is 50.7 Å². The molecule has 2 heterocycles. The Morgan fingerprint density at radius 1 is 0.968 bits per heavy atom. The highest BCUT2D eigenvalue weighted by molar-refractivity contribution is 5.76. The van der Waals surface area contributed by atoms with Crippen molar-refractivity contribution < 1.29 is 9.50 Å². The van der Waals surface area contributed by atoms with Crippen molar-refractivity contribution >= 4 is 28.7 Å². The normalized spacial score (nSPS) is 22.5. The van der Waals surface area contributed by atoms with Gasteiger partial charge in [-0.3, -0.25) is 4.57 Å². The number of fused-ring (bicyclic) bond motifs is 1. The average Bonchev–Trinajstić information content (AvgIpc) is 3.15. The molecule has 31 heavy (non-hydrogen) atoms. The molecule has 3 aromatic rings. The monoisotopic (exact) mass is 424 g/mol. The lowest BCUT2D eigenvalue weighted by molar-refractivity contribution is 0.126. The van der Waals surface area contributed by atoms with Crippen LogP contribution in [0, 0.1) is 5.82 Å². The summed E-state index contributed by atoms with van der Waals surface area (Å²) in [4.78, 5) is 14.0. The zero-order chi connectivity index (χ0) is 21.2. The van der Waals surface area contributed by atoms with Crippen LogP contribution >= 0.6 is 0 Å². The van der Waals surface area contributed by atoms with Gasteiger partial charge in [-0.2, -0.15) is 4.98 Å². The first kappa shape index (κ1) is 20.2. The number of para-hydroxylation sites is 1. The van der Waals surface area contributed by atoms with Crippen molar-refractivity contribution in [2.24, 2.45) is 0 Å². The van der Waals surface area contributed by atoms with Crippen molar-refractivity contribution in [3.05, 3.63) is 36.3 Å². The number of nitrogens with one attached hydrogen (secondary N) is 2. The number of halogens is 1. The van der Waals surface area contributed by atoms with Crippen LogP contribution in [0.4, 0.5) is 22.0 Å². The van der Waals surface area contributed by atoms with Gasteiger partial charge in [-0.1, -0.05) is 31.4 Å². The zero-order valence-electron chi connectivity index (χ0n) is 17.6. The second-order valence-electron chi connectivity index (χ2n) is 8.75. The maximum atomic E-state index is 14.3. The van der Waals surface area contributed by atoms with Crippen molar-refractivity contribution in [1.29, 1.82) is 0 Å². The van der Waals surface area contributed by atoms with Crippen LogP contribution in [0.5, 0.6) is 0 Å². The summed E-state index contributed by atoms with van der Waals surface area (Å²) < 4.78 is 16.4. The van der Waals surface area contributed by atoms with Crippen molar-refractivity contribution in [2.45, 2.75) is 76.0 Å². The molecule has 1 aromatic carbocycles. The first-order valence-electron chi connectivity index (χ1n) is 11.4. The number of hydrogen-bond donors (Lipinski definition) is 3. The number of hydrogen-bond acceptors (Lipinski definition) is 6. The van der Waals surface area contributed by atoms with Crippen molar-refractivity contribution in [3.8, 4) is 0 Å². The molecule has 0 aliphatic heterocycles. The van der Waals surface area contributed by atoms with E-state index in [4.69, 9.17) is 9.97 Å². The molecule has 0 spiro atoms. The van der Waals surface area contributed by atoms with E-state index in [0.29, 0.717) is 23.1 Å². The summed E-state index contributed by atoms with van der Waals surface area (Å²) >= 11 is 0. The summed E-state index contributed by atoms with van der Waals surface area (Å²) in [5.41, 5.74) is 1.88. The fourth-order valence-corrected chi connectivity index (χ4v) is 4.82. The molecule has 0 unspecified atom stereocenters. The van der Waals surface area contributed by atoms with Gasteiger partial charge >= 0.3 is 0 Å². The molecule has 2 aliphatic carbocycles. The van der Waals surface area contributed by atoms with Crippen LogP contribution in [0.2, 0.25) is 0 Å². The van der Waals surface area contributed by atoms with Gasteiger partial charge in [0.2, 0.25) is 11.9 Å². The minimum Gasteiger partial charge on any atom is -0.393 e. The van der Waals surface area contributed by atoms with Crippen molar-refractivity contribution in [1.82, 2.24) is 19.5 Å². The van der Waals surface area contributed by atoms with E-state index in [0.717, 1.165) is 44.2 Å². The second kappa shape index (κ2) is 8.78. The van der Waals surface area contributed by atoms with Crippen LogP contribution < -0.4 is 10.6 Å². The van der Waals surface area contributed by atoms with Gasteiger partial charge in [0.1, 0.15) is 11.3 Å². The molecule has 5 rings (SSSR count). The van der Waals surface area contributed by atoms with Crippen molar-refractivity contribution in [2.75, 3.05) is 10.6 Å². The number of anilines is 3. The van der Waals surface area contributed by atoms with Crippen LogP contribution in [0.3, 0.4) is 0 Å². The smallest absolute Gasteiger partial charge is 0.224 e. The Morgan fingerprint density at radius 3 is 2.52 bits per heavy atom. The molecule has 0 radical (unpaired) electrons. The van der Waals surface area contributed by atoms with E-state index in [1.54, 1.807) is 18.3 Å². The number of imidazole rings is 1. The van der Waals surface area contributed by atoms with E-state index in [2.05, 4.69) is 20.2 Å². The topological polar surface area (TPSA) is 87.9 Å². The molecule has 0 bridgehead atoms. The van der Waals surface area contributed by atoms with Crippen LogP contribution in [-0.4, -0.2) is 36.8 Å². The standard InChI is InChI=1S/C23H29FN6O/c24-18-8-4-5-9-19(18)27-23-28-20-14-25-22(26-15-10-12-17(31)13-11-15)29-21(20)30(23)16-6-2-1-3-7-16/h4-5,8-9,14-17,31H,1-3,6-7,10-13H2,(H,27,28)(H,25,26,29). The van der Waals surface area contributed by atoms with Crippen LogP contribution in [0.25, 0.3) is 11.2 Å². The van der Waals surface area contributed by atoms with E-state index >= 15 is 0 Å². The van der Waals surface area contributed by atoms with Crippen molar-refractivity contribution in [3.63, 3.8) is 0 Å². The molecule has 2 fully saturated rings. The van der Waals surface area contributed by atoms with E-state index in [1.165, 1.54) is 25.3 Å². The number of aromatic nitrogens is 4. The lowest BCUT2D eigenvalue weighted by Gasteiger charge is -2.26. The van der Waals surface area contributed by atoms with E-state index in [9.17, 15) is 9.50 Å². The molecule has 3 N–H and O–H groups in total. The Hall–Kier alpha value is -2.74. The first-order valence-corrected chi connectivity index (χ1v) is 11.4. The van der Waals surface area contributed by atoms with Gasteiger partial charge in [0, 0.05) is 12.1 Å². The van der Waals surface area contributed by atoms with Crippen LogP contribution in [0.15, 0.2) is 30.5 Å². The molecule has 0 amide bonds. The molecule has 0 saturated heterocycles. The maximum absolute atomic E-state index is 14.3. The number of aliphatic hydroxyl groups is 1. The van der Waals surface area contributed by atoms with Gasteiger partial charge in [-0.15, -0.1) is 0 Å². The van der Waals surface area contributed by atoms with Crippen LogP contribution in [-0.2, 0) is 0 Å². The lowest BCUT2D eigenvalue weighted by Crippen LogP contribution is -2.29. The molecular formula is C23H29FN6O. The second-order valence-corrected chi connectivity index (χ2v) is 8.75. The number of aliphatic hydroxyl groups excluding tert-OH is 1. The molecule has 2 aromatic heterocycles. The third-order valence-corrected chi connectivity index (χ3v) is 6.52. The van der Waals surface area contributed by atoms with E-state index in [1.807, 2.05) is 6.07 Å². The van der Waals surface area contributed by atoms with Gasteiger partial charge in [0.05, 0.1) is 18.0 Å². The predicted octanol–water partition coefficient (Wildman–Crippen LogP) is 4.93. The minimum absolute atomic E-state index is 0.193. The third kappa shape index (κ3) is 4.35. The Labute approximate surface area is 181 Å². The van der Waals surface area contributed by atoms with E-state index < -0.39 is 0 Å². The molecule has 2 saturated carbocycles. The number of nitrogens with zero attached hydrogens (tertiary/aromatic N) is 4. The van der Waals surface area contributed by atoms with Gasteiger partial charge in [-0.25, -0.2) is 14.4 Å². The van der Waals surface area contributed by atoms with Gasteiger partial charge in [0.15, 0.2) is 5.65 Å². The van der Waals surface area contributed by atoms with Gasteiger partial charge in [0.25, 0.3) is 0 Å². The highest BCUT2D eigenvalue weighted by Gasteiger charge is 2.25. The molecule has 164 valence electrons.